The highest BCUT2D eigenvalue weighted by Crippen LogP contribution is 2.41. The normalized spacial score (nSPS) is 27.4. The lowest BCUT2D eigenvalue weighted by Gasteiger charge is -2.27. The van der Waals surface area contributed by atoms with E-state index in [1.165, 1.54) is 12.1 Å². The maximum Gasteiger partial charge on any atom is 0.418 e. The zero-order chi connectivity index (χ0) is 25.7. The van der Waals surface area contributed by atoms with Crippen LogP contribution in [-0.4, -0.2) is 53.9 Å². The molecule has 1 aliphatic carbocycles. The standard InChI is InChI=1S/C25H30F4N4O/c1-15-2-3-19(26)10-21(15)24-22(25(27,28)29)11-23(31-32-24)30-20-8-17-13-33(14-18(17)9-20)12-16-4-6-34-7-5-16/h2-3,10-11,16-18,20H,4-9,12-14H2,1H3,(H,30,31)/i12D2. The first-order valence-corrected chi connectivity index (χ1v) is 11.8. The number of aromatic nitrogens is 2. The summed E-state index contributed by atoms with van der Waals surface area (Å²) in [6, 6.07) is 4.56. The first kappa shape index (κ1) is 21.1. The van der Waals surface area contributed by atoms with Gasteiger partial charge in [-0.3, -0.25) is 0 Å². The van der Waals surface area contributed by atoms with Crippen molar-refractivity contribution in [2.45, 2.75) is 44.8 Å². The molecule has 2 saturated heterocycles. The fourth-order valence-electron chi connectivity index (χ4n) is 5.54. The summed E-state index contributed by atoms with van der Waals surface area (Å²) in [7, 11) is 0. The Labute approximate surface area is 199 Å². The van der Waals surface area contributed by atoms with Crippen LogP contribution in [0.3, 0.4) is 0 Å². The Hall–Kier alpha value is -2.26. The molecule has 0 bridgehead atoms. The van der Waals surface area contributed by atoms with Crippen LogP contribution in [0.1, 0.15) is 39.6 Å². The average Bonchev–Trinajstić information content (AvgIpc) is 3.40. The van der Waals surface area contributed by atoms with Gasteiger partial charge in [0.25, 0.3) is 0 Å². The van der Waals surface area contributed by atoms with Crippen LogP contribution >= 0.6 is 0 Å². The number of anilines is 1. The van der Waals surface area contributed by atoms with Crippen molar-refractivity contribution in [3.63, 3.8) is 0 Å². The Kier molecular flexibility index (Phi) is 5.83. The zero-order valence-electron chi connectivity index (χ0n) is 21.0. The van der Waals surface area contributed by atoms with Crippen LogP contribution in [0.2, 0.25) is 0 Å². The van der Waals surface area contributed by atoms with E-state index < -0.39 is 24.1 Å². The molecular formula is C25H30F4N4O. The van der Waals surface area contributed by atoms with Crippen molar-refractivity contribution < 1.29 is 25.0 Å². The van der Waals surface area contributed by atoms with Crippen molar-refractivity contribution in [2.24, 2.45) is 17.8 Å². The highest BCUT2D eigenvalue weighted by Gasteiger charge is 2.42. The van der Waals surface area contributed by atoms with E-state index in [0.29, 0.717) is 44.7 Å². The molecule has 0 radical (unpaired) electrons. The number of hydrogen-bond acceptors (Lipinski definition) is 5. The van der Waals surface area contributed by atoms with E-state index in [2.05, 4.69) is 15.5 Å². The van der Waals surface area contributed by atoms with Gasteiger partial charge in [0, 0.05) is 47.1 Å². The SMILES string of the molecule is [2H]C([2H])(C1CCOCC1)N1CC2CC(Nc3cc(C(F)(F)F)c(-c4cc(F)ccc4C)nn3)CC2C1. The van der Waals surface area contributed by atoms with Gasteiger partial charge in [0.15, 0.2) is 0 Å². The number of nitrogens with zero attached hydrogens (tertiary/aromatic N) is 3. The molecule has 5 nitrogen and oxygen atoms in total. The average molecular weight is 481 g/mol. The number of likely N-dealkylation sites (tertiary alicyclic amines) is 1. The molecule has 2 unspecified atom stereocenters. The Balaban J connectivity index is 1.28. The molecule has 2 aromatic rings. The topological polar surface area (TPSA) is 50.3 Å². The van der Waals surface area contributed by atoms with Crippen molar-refractivity contribution in [3.05, 3.63) is 41.2 Å². The van der Waals surface area contributed by atoms with Crippen molar-refractivity contribution in [1.82, 2.24) is 15.1 Å². The predicted octanol–water partition coefficient (Wildman–Crippen LogP) is 5.16. The molecule has 1 saturated carbocycles. The summed E-state index contributed by atoms with van der Waals surface area (Å²) in [4.78, 5) is 1.95. The van der Waals surface area contributed by atoms with Crippen LogP contribution in [0, 0.1) is 30.5 Å². The minimum absolute atomic E-state index is 0.0412. The van der Waals surface area contributed by atoms with Gasteiger partial charge in [0.05, 0.1) is 5.56 Å². The van der Waals surface area contributed by atoms with Crippen LogP contribution in [0.5, 0.6) is 0 Å². The summed E-state index contributed by atoms with van der Waals surface area (Å²) in [5, 5.41) is 11.0. The third-order valence-electron chi connectivity index (χ3n) is 7.24. The van der Waals surface area contributed by atoms with Gasteiger partial charge in [-0.05, 0) is 74.1 Å². The van der Waals surface area contributed by atoms with Gasteiger partial charge >= 0.3 is 6.18 Å². The minimum Gasteiger partial charge on any atom is -0.381 e. The predicted molar refractivity (Wildman–Crippen MR) is 121 cm³/mol. The van der Waals surface area contributed by atoms with Gasteiger partial charge in [-0.25, -0.2) is 4.39 Å². The highest BCUT2D eigenvalue weighted by molar-refractivity contribution is 5.68. The lowest BCUT2D eigenvalue weighted by atomic mass is 10.00. The molecule has 34 heavy (non-hydrogen) atoms. The van der Waals surface area contributed by atoms with Crippen molar-refractivity contribution in [1.29, 1.82) is 0 Å². The quantitative estimate of drug-likeness (QED) is 0.600. The summed E-state index contributed by atoms with van der Waals surface area (Å²) in [5.41, 5.74) is -0.802. The van der Waals surface area contributed by atoms with E-state index in [9.17, 15) is 17.6 Å². The van der Waals surface area contributed by atoms with Gasteiger partial charge in [0.1, 0.15) is 17.3 Å². The van der Waals surface area contributed by atoms with Gasteiger partial charge in [-0.2, -0.15) is 13.2 Å². The van der Waals surface area contributed by atoms with E-state index in [1.807, 2.05) is 4.90 Å². The first-order chi connectivity index (χ1) is 17.0. The monoisotopic (exact) mass is 480 g/mol. The number of fused-ring (bicyclic) bond motifs is 1. The van der Waals surface area contributed by atoms with Crippen molar-refractivity contribution in [3.8, 4) is 11.3 Å². The molecule has 3 fully saturated rings. The summed E-state index contributed by atoms with van der Waals surface area (Å²) < 4.78 is 78.3. The summed E-state index contributed by atoms with van der Waals surface area (Å²) >= 11 is 0. The van der Waals surface area contributed by atoms with Crippen LogP contribution in [0.25, 0.3) is 11.3 Å². The molecule has 2 atom stereocenters. The van der Waals surface area contributed by atoms with Crippen LogP contribution < -0.4 is 5.32 Å². The maximum atomic E-state index is 13.9. The summed E-state index contributed by atoms with van der Waals surface area (Å²) in [5.74, 6) is -0.0846. The van der Waals surface area contributed by atoms with E-state index in [4.69, 9.17) is 7.48 Å². The number of ether oxygens (including phenoxy) is 1. The molecular weight excluding hydrogens is 448 g/mol. The lowest BCUT2D eigenvalue weighted by Crippen LogP contribution is -2.32. The van der Waals surface area contributed by atoms with Crippen LogP contribution in [0.4, 0.5) is 23.4 Å². The number of aryl methyl sites for hydroxylation is 1. The number of rotatable bonds is 5. The summed E-state index contributed by atoms with van der Waals surface area (Å²) in [6.45, 7) is 2.70. The Morgan fingerprint density at radius 1 is 1.12 bits per heavy atom. The van der Waals surface area contributed by atoms with Crippen molar-refractivity contribution in [2.75, 3.05) is 38.1 Å². The van der Waals surface area contributed by atoms with Gasteiger partial charge in [-0.1, -0.05) is 6.07 Å². The first-order valence-electron chi connectivity index (χ1n) is 12.8. The van der Waals surface area contributed by atoms with Gasteiger partial charge < -0.3 is 15.0 Å². The van der Waals surface area contributed by atoms with Gasteiger partial charge in [0.2, 0.25) is 0 Å². The second-order valence-corrected chi connectivity index (χ2v) is 9.70. The smallest absolute Gasteiger partial charge is 0.381 e. The molecule has 9 heteroatoms. The second kappa shape index (κ2) is 9.41. The van der Waals surface area contributed by atoms with E-state index in [-0.39, 0.29) is 40.9 Å². The lowest BCUT2D eigenvalue weighted by molar-refractivity contribution is -0.137. The molecule has 1 aromatic heterocycles. The molecule has 184 valence electrons. The number of benzene rings is 1. The molecule has 1 N–H and O–H groups in total. The van der Waals surface area contributed by atoms with E-state index >= 15 is 0 Å². The number of halogens is 4. The Bertz CT molecular complexity index is 1100. The number of nitrogens with one attached hydrogen (secondary N) is 1. The van der Waals surface area contributed by atoms with Crippen molar-refractivity contribution >= 4 is 5.82 Å². The van der Waals surface area contributed by atoms with E-state index in [0.717, 1.165) is 25.0 Å². The molecule has 5 rings (SSSR count). The molecule has 2 aliphatic heterocycles. The fraction of sp³-hybridized carbons (Fsp3) is 0.600. The summed E-state index contributed by atoms with van der Waals surface area (Å²) in [6.07, 6.45) is -1.77. The van der Waals surface area contributed by atoms with E-state index in [1.54, 1.807) is 6.92 Å². The molecule has 3 heterocycles. The van der Waals surface area contributed by atoms with Gasteiger partial charge in [-0.15, -0.1) is 10.2 Å². The molecule has 1 aromatic carbocycles. The van der Waals surface area contributed by atoms with Crippen LogP contribution in [0.15, 0.2) is 24.3 Å². The fourth-order valence-corrected chi connectivity index (χ4v) is 5.54. The third kappa shape index (κ3) is 5.05. The highest BCUT2D eigenvalue weighted by atomic mass is 19.4. The Morgan fingerprint density at radius 2 is 1.82 bits per heavy atom. The molecule has 0 amide bonds. The zero-order valence-corrected chi connectivity index (χ0v) is 19.0. The Morgan fingerprint density at radius 3 is 2.50 bits per heavy atom. The largest absolute Gasteiger partial charge is 0.418 e. The maximum absolute atomic E-state index is 13.9. The third-order valence-corrected chi connectivity index (χ3v) is 7.24. The minimum atomic E-state index is -4.68. The molecule has 0 spiro atoms. The number of alkyl halides is 3. The second-order valence-electron chi connectivity index (χ2n) is 9.70. The number of hydrogen-bond donors (Lipinski definition) is 1. The molecule has 3 aliphatic rings. The van der Waals surface area contributed by atoms with Crippen LogP contribution in [-0.2, 0) is 10.9 Å².